The summed E-state index contributed by atoms with van der Waals surface area (Å²) in [6, 6.07) is 5.32. The molecule has 0 fully saturated rings. The van der Waals surface area contributed by atoms with Crippen LogP contribution in [-0.2, 0) is 11.2 Å². The minimum absolute atomic E-state index is 0.0191. The van der Waals surface area contributed by atoms with Crippen molar-refractivity contribution < 1.29 is 24.1 Å². The molecule has 0 bridgehead atoms. The Hall–Kier alpha value is -2.80. The van der Waals surface area contributed by atoms with Gasteiger partial charge in [0.2, 0.25) is 0 Å². The molecule has 3 rings (SSSR count). The molecule has 31 heavy (non-hydrogen) atoms. The van der Waals surface area contributed by atoms with Crippen LogP contribution in [-0.4, -0.2) is 43.1 Å². The average Bonchev–Trinajstić information content (AvgIpc) is 2.85. The molecule has 168 valence electrons. The number of hydrogen-bond acceptors (Lipinski definition) is 5. The highest BCUT2D eigenvalue weighted by molar-refractivity contribution is 5.87. The van der Waals surface area contributed by atoms with Crippen LogP contribution in [0.3, 0.4) is 0 Å². The largest absolute Gasteiger partial charge is 0.493 e. The molecule has 1 aromatic heterocycles. The normalized spacial score (nSPS) is 15.6. The van der Waals surface area contributed by atoms with Crippen molar-refractivity contribution >= 4 is 5.97 Å². The van der Waals surface area contributed by atoms with Crippen LogP contribution < -0.4 is 14.9 Å². The zero-order valence-electron chi connectivity index (χ0n) is 18.9. The maximum absolute atomic E-state index is 12.6. The number of rotatable bonds is 7. The van der Waals surface area contributed by atoms with Crippen molar-refractivity contribution in [2.24, 2.45) is 5.41 Å². The number of aromatic carboxylic acids is 1. The first kappa shape index (κ1) is 22.9. The molecule has 2 heterocycles. The Balaban J connectivity index is 2.16. The summed E-state index contributed by atoms with van der Waals surface area (Å²) in [6.07, 6.45) is 3.83. The lowest BCUT2D eigenvalue weighted by Crippen LogP contribution is -2.28. The van der Waals surface area contributed by atoms with Crippen LogP contribution in [0.2, 0.25) is 0 Å². The number of carboxylic acid groups (broad SMARTS) is 1. The second-order valence-electron chi connectivity index (χ2n) is 8.92. The van der Waals surface area contributed by atoms with Crippen LogP contribution in [0.5, 0.6) is 11.5 Å². The Morgan fingerprint density at radius 3 is 2.52 bits per heavy atom. The number of aromatic nitrogens is 1. The SMILES string of the molecule is COCCCOc1cc2c(cc1OC)-c1cc(=O)c(C(=O)O)cn1C(C(C)(C)C)CC2. The number of nitrogens with zero attached hydrogens (tertiary/aromatic N) is 1. The molecule has 1 atom stereocenters. The Bertz CT molecular complexity index is 1020. The van der Waals surface area contributed by atoms with Crippen molar-refractivity contribution in [2.75, 3.05) is 27.4 Å². The molecule has 0 saturated carbocycles. The van der Waals surface area contributed by atoms with E-state index in [9.17, 15) is 14.7 Å². The fraction of sp³-hybridized carbons (Fsp3) is 0.500. The zero-order valence-corrected chi connectivity index (χ0v) is 18.9. The van der Waals surface area contributed by atoms with Gasteiger partial charge in [-0.05, 0) is 36.0 Å². The van der Waals surface area contributed by atoms with Crippen molar-refractivity contribution in [1.82, 2.24) is 4.57 Å². The van der Waals surface area contributed by atoms with Crippen molar-refractivity contribution in [3.63, 3.8) is 0 Å². The van der Waals surface area contributed by atoms with Gasteiger partial charge >= 0.3 is 5.97 Å². The van der Waals surface area contributed by atoms with E-state index in [-0.39, 0.29) is 17.0 Å². The third-order valence-corrected chi connectivity index (χ3v) is 5.75. The summed E-state index contributed by atoms with van der Waals surface area (Å²) in [5.41, 5.74) is 1.76. The first-order chi connectivity index (χ1) is 14.7. The number of benzene rings is 1. The van der Waals surface area contributed by atoms with E-state index >= 15 is 0 Å². The van der Waals surface area contributed by atoms with Crippen molar-refractivity contribution in [3.05, 3.63) is 45.7 Å². The number of carboxylic acids is 1. The monoisotopic (exact) mass is 429 g/mol. The summed E-state index contributed by atoms with van der Waals surface area (Å²) >= 11 is 0. The Morgan fingerprint density at radius 2 is 1.90 bits per heavy atom. The molecule has 0 radical (unpaired) electrons. The summed E-state index contributed by atoms with van der Waals surface area (Å²) in [7, 11) is 3.24. The number of hydrogen-bond donors (Lipinski definition) is 1. The van der Waals surface area contributed by atoms with E-state index in [4.69, 9.17) is 14.2 Å². The number of aryl methyl sites for hydroxylation is 1. The third kappa shape index (κ3) is 4.77. The first-order valence-corrected chi connectivity index (χ1v) is 10.5. The van der Waals surface area contributed by atoms with E-state index < -0.39 is 11.4 Å². The highest BCUT2D eigenvalue weighted by Crippen LogP contribution is 2.44. The Morgan fingerprint density at radius 1 is 1.16 bits per heavy atom. The van der Waals surface area contributed by atoms with Crippen LogP contribution >= 0.6 is 0 Å². The maximum Gasteiger partial charge on any atom is 0.341 e. The van der Waals surface area contributed by atoms with Gasteiger partial charge in [-0.15, -0.1) is 0 Å². The lowest BCUT2D eigenvalue weighted by atomic mass is 9.83. The maximum atomic E-state index is 12.6. The van der Waals surface area contributed by atoms with Gasteiger partial charge < -0.3 is 23.9 Å². The van der Waals surface area contributed by atoms with Crippen LogP contribution in [0, 0.1) is 5.41 Å². The molecule has 1 aliphatic rings. The highest BCUT2D eigenvalue weighted by Gasteiger charge is 2.32. The molecule has 0 saturated heterocycles. The molecule has 2 aromatic rings. The molecule has 0 spiro atoms. The van der Waals surface area contributed by atoms with Gasteiger partial charge in [0.25, 0.3) is 0 Å². The minimum Gasteiger partial charge on any atom is -0.493 e. The van der Waals surface area contributed by atoms with Crippen LogP contribution in [0.1, 0.15) is 55.6 Å². The van der Waals surface area contributed by atoms with Crippen LogP contribution in [0.4, 0.5) is 0 Å². The summed E-state index contributed by atoms with van der Waals surface area (Å²) in [6.45, 7) is 7.50. The molecule has 1 N–H and O–H groups in total. The predicted molar refractivity (Wildman–Crippen MR) is 118 cm³/mol. The summed E-state index contributed by atoms with van der Waals surface area (Å²) in [5, 5.41) is 9.50. The van der Waals surface area contributed by atoms with Gasteiger partial charge in [0.15, 0.2) is 16.9 Å². The fourth-order valence-corrected chi connectivity index (χ4v) is 4.17. The molecule has 1 aromatic carbocycles. The second kappa shape index (κ2) is 9.14. The Labute approximate surface area is 182 Å². The molecule has 1 aliphatic heterocycles. The van der Waals surface area contributed by atoms with E-state index in [1.54, 1.807) is 14.2 Å². The number of ether oxygens (including phenoxy) is 3. The number of pyridine rings is 1. The van der Waals surface area contributed by atoms with Gasteiger partial charge in [-0.1, -0.05) is 20.8 Å². The van der Waals surface area contributed by atoms with Crippen molar-refractivity contribution in [2.45, 2.75) is 46.1 Å². The van der Waals surface area contributed by atoms with Gasteiger partial charge in [0.1, 0.15) is 5.56 Å². The Kier molecular flexibility index (Phi) is 6.74. The molecule has 1 unspecified atom stereocenters. The van der Waals surface area contributed by atoms with Crippen LogP contribution in [0.15, 0.2) is 29.2 Å². The highest BCUT2D eigenvalue weighted by atomic mass is 16.5. The van der Waals surface area contributed by atoms with Gasteiger partial charge in [0, 0.05) is 44.0 Å². The van der Waals surface area contributed by atoms with Crippen LogP contribution in [0.25, 0.3) is 11.3 Å². The predicted octanol–water partition coefficient (Wildman–Crippen LogP) is 4.17. The summed E-state index contributed by atoms with van der Waals surface area (Å²) in [4.78, 5) is 24.2. The zero-order chi connectivity index (χ0) is 22.8. The van der Waals surface area contributed by atoms with Gasteiger partial charge in [-0.25, -0.2) is 4.79 Å². The van der Waals surface area contributed by atoms with E-state index in [1.165, 1.54) is 12.3 Å². The number of fused-ring (bicyclic) bond motifs is 3. The van der Waals surface area contributed by atoms with Gasteiger partial charge in [0.05, 0.1) is 19.4 Å². The smallest absolute Gasteiger partial charge is 0.341 e. The van der Waals surface area contributed by atoms with Gasteiger partial charge in [-0.3, -0.25) is 4.79 Å². The molecule has 0 amide bonds. The standard InChI is InChI=1S/C24H31NO6/c1-24(2,3)22-8-7-15-11-21(31-10-6-9-29-4)20(30-5)12-16(15)18-13-19(26)17(23(27)28)14-25(18)22/h11-14,22H,6-10H2,1-5H3,(H,27,28). The van der Waals surface area contributed by atoms with Crippen molar-refractivity contribution in [3.8, 4) is 22.8 Å². The molecule has 0 aliphatic carbocycles. The van der Waals surface area contributed by atoms with E-state index in [0.717, 1.165) is 30.4 Å². The first-order valence-electron chi connectivity index (χ1n) is 10.5. The fourth-order valence-electron chi connectivity index (χ4n) is 4.17. The molecule has 7 heteroatoms. The van der Waals surface area contributed by atoms with E-state index in [2.05, 4.69) is 20.8 Å². The van der Waals surface area contributed by atoms with Crippen molar-refractivity contribution in [1.29, 1.82) is 0 Å². The second-order valence-corrected chi connectivity index (χ2v) is 8.92. The summed E-state index contributed by atoms with van der Waals surface area (Å²) < 4.78 is 18.5. The van der Waals surface area contributed by atoms with E-state index in [0.29, 0.717) is 30.4 Å². The molecular formula is C24H31NO6. The van der Waals surface area contributed by atoms with Gasteiger partial charge in [-0.2, -0.15) is 0 Å². The topological polar surface area (TPSA) is 87.0 Å². The minimum atomic E-state index is -1.21. The lowest BCUT2D eigenvalue weighted by molar-refractivity contribution is 0.0693. The van der Waals surface area contributed by atoms with E-state index in [1.807, 2.05) is 16.7 Å². The number of methoxy groups -OCH3 is 2. The summed E-state index contributed by atoms with van der Waals surface area (Å²) in [5.74, 6) is 0.0177. The molecular weight excluding hydrogens is 398 g/mol. The third-order valence-electron chi connectivity index (χ3n) is 5.75. The average molecular weight is 430 g/mol. The molecule has 7 nitrogen and oxygen atoms in total. The lowest BCUT2D eigenvalue weighted by Gasteiger charge is -2.33. The quantitative estimate of drug-likeness (QED) is 0.665. The number of carbonyl (C=O) groups is 1.